The Morgan fingerprint density at radius 3 is 2.32 bits per heavy atom. The molecule has 2 aromatic carbocycles. The first-order chi connectivity index (χ1) is 13.3. The summed E-state index contributed by atoms with van der Waals surface area (Å²) in [7, 11) is 3.42. The minimum Gasteiger partial charge on any atom is -0.449 e. The number of carbonyl (C=O) groups is 2. The highest BCUT2D eigenvalue weighted by molar-refractivity contribution is 6.01. The normalized spacial score (nSPS) is 11.4. The van der Waals surface area contributed by atoms with E-state index in [2.05, 4.69) is 0 Å². The Balaban J connectivity index is 2.25. The van der Waals surface area contributed by atoms with Crippen LogP contribution in [-0.4, -0.2) is 43.5 Å². The number of esters is 1. The number of para-hydroxylation sites is 1. The third kappa shape index (κ3) is 4.64. The van der Waals surface area contributed by atoms with Gasteiger partial charge in [0.1, 0.15) is 0 Å². The van der Waals surface area contributed by atoms with Gasteiger partial charge in [0, 0.05) is 38.5 Å². The molecule has 148 valence electrons. The summed E-state index contributed by atoms with van der Waals surface area (Å²) in [6, 6.07) is 13.0. The van der Waals surface area contributed by atoms with Gasteiger partial charge in [-0.1, -0.05) is 18.2 Å². The fourth-order valence-electron chi connectivity index (χ4n) is 2.76. The summed E-state index contributed by atoms with van der Waals surface area (Å²) in [6.07, 6.45) is -1.05. The molecule has 0 spiro atoms. The van der Waals surface area contributed by atoms with Crippen molar-refractivity contribution in [3.05, 3.63) is 64.2 Å². The Bertz CT molecular complexity index is 867. The second-order valence-electron chi connectivity index (χ2n) is 6.32. The molecule has 0 aromatic heterocycles. The molecule has 0 saturated heterocycles. The molecule has 0 unspecified atom stereocenters. The van der Waals surface area contributed by atoms with Crippen LogP contribution in [0.4, 0.5) is 17.1 Å². The minimum absolute atomic E-state index is 0.0293. The van der Waals surface area contributed by atoms with Crippen molar-refractivity contribution in [3.63, 3.8) is 0 Å². The van der Waals surface area contributed by atoms with Gasteiger partial charge in [0.15, 0.2) is 6.10 Å². The van der Waals surface area contributed by atoms with Crippen molar-refractivity contribution < 1.29 is 19.2 Å². The first kappa shape index (κ1) is 20.9. The van der Waals surface area contributed by atoms with Crippen LogP contribution in [0.1, 0.15) is 24.2 Å². The van der Waals surface area contributed by atoms with E-state index in [1.807, 2.05) is 25.1 Å². The number of nitro groups is 1. The van der Waals surface area contributed by atoms with Crippen molar-refractivity contribution in [1.29, 1.82) is 0 Å². The molecular weight excluding hydrogens is 362 g/mol. The summed E-state index contributed by atoms with van der Waals surface area (Å²) in [4.78, 5) is 39.1. The van der Waals surface area contributed by atoms with Gasteiger partial charge < -0.3 is 14.5 Å². The van der Waals surface area contributed by atoms with Crippen molar-refractivity contribution in [2.45, 2.75) is 20.0 Å². The zero-order chi connectivity index (χ0) is 20.8. The zero-order valence-electron chi connectivity index (χ0n) is 16.3. The van der Waals surface area contributed by atoms with Crippen molar-refractivity contribution in [2.24, 2.45) is 0 Å². The van der Waals surface area contributed by atoms with Crippen LogP contribution in [0.5, 0.6) is 0 Å². The van der Waals surface area contributed by atoms with Gasteiger partial charge in [-0.15, -0.1) is 0 Å². The summed E-state index contributed by atoms with van der Waals surface area (Å²) in [5, 5.41) is 11.1. The van der Waals surface area contributed by atoms with Crippen LogP contribution in [0.15, 0.2) is 48.5 Å². The van der Waals surface area contributed by atoms with E-state index in [4.69, 9.17) is 4.74 Å². The number of nitro benzene ring substituents is 1. The number of hydrogen-bond donors (Lipinski definition) is 0. The molecule has 0 bridgehead atoms. The number of non-ortho nitro benzene ring substituents is 1. The van der Waals surface area contributed by atoms with Gasteiger partial charge in [-0.05, 0) is 32.0 Å². The van der Waals surface area contributed by atoms with E-state index in [-0.39, 0.29) is 17.2 Å². The minimum atomic E-state index is -1.05. The molecule has 0 heterocycles. The van der Waals surface area contributed by atoms with Crippen molar-refractivity contribution in [2.75, 3.05) is 30.4 Å². The molecule has 0 aliphatic carbocycles. The molecule has 28 heavy (non-hydrogen) atoms. The highest BCUT2D eigenvalue weighted by Gasteiger charge is 2.27. The summed E-state index contributed by atoms with van der Waals surface area (Å²) >= 11 is 0. The lowest BCUT2D eigenvalue weighted by Crippen LogP contribution is -2.40. The molecule has 0 radical (unpaired) electrons. The van der Waals surface area contributed by atoms with E-state index >= 15 is 0 Å². The van der Waals surface area contributed by atoms with Crippen LogP contribution in [0, 0.1) is 10.1 Å². The van der Waals surface area contributed by atoms with E-state index in [9.17, 15) is 19.7 Å². The summed E-state index contributed by atoms with van der Waals surface area (Å²) in [6.45, 7) is 3.72. The predicted octanol–water partition coefficient (Wildman–Crippen LogP) is 3.26. The number of rotatable bonds is 7. The number of hydrogen-bond acceptors (Lipinski definition) is 6. The van der Waals surface area contributed by atoms with Gasteiger partial charge in [-0.25, -0.2) is 4.79 Å². The zero-order valence-corrected chi connectivity index (χ0v) is 16.3. The Labute approximate surface area is 163 Å². The number of likely N-dealkylation sites (N-methyl/N-ethyl adjacent to an activating group) is 1. The SMILES string of the molecule is CCN(C(=O)[C@@H](C)OC(=O)c1cc([N+](=O)[O-])ccc1N(C)C)c1ccccc1. The highest BCUT2D eigenvalue weighted by Crippen LogP contribution is 2.25. The van der Waals surface area contributed by atoms with E-state index in [1.165, 1.54) is 24.0 Å². The van der Waals surface area contributed by atoms with E-state index in [0.29, 0.717) is 17.9 Å². The number of nitrogens with zero attached hydrogens (tertiary/aromatic N) is 3. The third-order valence-electron chi connectivity index (χ3n) is 4.17. The second kappa shape index (κ2) is 8.98. The lowest BCUT2D eigenvalue weighted by molar-refractivity contribution is -0.384. The standard InChI is InChI=1S/C20H23N3O5/c1-5-22(15-9-7-6-8-10-15)19(24)14(2)28-20(25)17-13-16(23(26)27)11-12-18(17)21(3)4/h6-14H,5H2,1-4H3/t14-/m1/s1. The van der Waals surface area contributed by atoms with E-state index in [1.54, 1.807) is 31.1 Å². The number of amides is 1. The number of carbonyl (C=O) groups excluding carboxylic acids is 2. The Morgan fingerprint density at radius 1 is 1.14 bits per heavy atom. The topological polar surface area (TPSA) is 93.0 Å². The summed E-state index contributed by atoms with van der Waals surface area (Å²) in [5.41, 5.74) is 0.963. The molecule has 8 heteroatoms. The highest BCUT2D eigenvalue weighted by atomic mass is 16.6. The Hall–Kier alpha value is -3.42. The van der Waals surface area contributed by atoms with Gasteiger partial charge in [0.2, 0.25) is 0 Å². The molecule has 0 N–H and O–H groups in total. The molecule has 0 saturated carbocycles. The number of ether oxygens (including phenoxy) is 1. The van der Waals surface area contributed by atoms with Gasteiger partial charge in [0.25, 0.3) is 11.6 Å². The smallest absolute Gasteiger partial charge is 0.341 e. The molecule has 2 rings (SSSR count). The van der Waals surface area contributed by atoms with Crippen molar-refractivity contribution in [3.8, 4) is 0 Å². The quantitative estimate of drug-likeness (QED) is 0.413. The van der Waals surface area contributed by atoms with Gasteiger partial charge in [-0.3, -0.25) is 14.9 Å². The maximum Gasteiger partial charge on any atom is 0.341 e. The monoisotopic (exact) mass is 385 g/mol. The van der Waals surface area contributed by atoms with Crippen LogP contribution in [0.3, 0.4) is 0 Å². The largest absolute Gasteiger partial charge is 0.449 e. The Kier molecular flexibility index (Phi) is 6.70. The predicted molar refractivity (Wildman–Crippen MR) is 107 cm³/mol. The molecule has 0 aliphatic rings. The van der Waals surface area contributed by atoms with Gasteiger partial charge >= 0.3 is 5.97 Å². The van der Waals surface area contributed by atoms with Crippen LogP contribution in [-0.2, 0) is 9.53 Å². The average molecular weight is 385 g/mol. The molecule has 0 fully saturated rings. The lowest BCUT2D eigenvalue weighted by atomic mass is 10.1. The fraction of sp³-hybridized carbons (Fsp3) is 0.300. The maximum atomic E-state index is 12.8. The van der Waals surface area contributed by atoms with E-state index < -0.39 is 17.0 Å². The van der Waals surface area contributed by atoms with Crippen molar-refractivity contribution >= 4 is 28.9 Å². The number of anilines is 2. The summed E-state index contributed by atoms with van der Waals surface area (Å²) in [5.74, 6) is -1.17. The summed E-state index contributed by atoms with van der Waals surface area (Å²) < 4.78 is 5.35. The first-order valence-corrected chi connectivity index (χ1v) is 8.79. The maximum absolute atomic E-state index is 12.8. The average Bonchev–Trinajstić information content (AvgIpc) is 2.68. The van der Waals surface area contributed by atoms with Crippen LogP contribution in [0.25, 0.3) is 0 Å². The molecule has 1 atom stereocenters. The molecule has 2 aromatic rings. The second-order valence-corrected chi connectivity index (χ2v) is 6.32. The lowest BCUT2D eigenvalue weighted by Gasteiger charge is -2.25. The van der Waals surface area contributed by atoms with Crippen LogP contribution >= 0.6 is 0 Å². The number of benzene rings is 2. The molecule has 8 nitrogen and oxygen atoms in total. The van der Waals surface area contributed by atoms with Crippen LogP contribution in [0.2, 0.25) is 0 Å². The third-order valence-corrected chi connectivity index (χ3v) is 4.17. The Morgan fingerprint density at radius 2 is 1.79 bits per heavy atom. The fourth-order valence-corrected chi connectivity index (χ4v) is 2.76. The molecular formula is C20H23N3O5. The molecule has 1 amide bonds. The van der Waals surface area contributed by atoms with Gasteiger partial charge in [-0.2, -0.15) is 0 Å². The molecule has 0 aliphatic heterocycles. The van der Waals surface area contributed by atoms with E-state index in [0.717, 1.165) is 6.07 Å². The van der Waals surface area contributed by atoms with Gasteiger partial charge in [0.05, 0.1) is 16.2 Å². The van der Waals surface area contributed by atoms with Crippen molar-refractivity contribution in [1.82, 2.24) is 0 Å². The first-order valence-electron chi connectivity index (χ1n) is 8.79. The van der Waals surface area contributed by atoms with Crippen LogP contribution < -0.4 is 9.80 Å².